The van der Waals surface area contributed by atoms with Crippen LogP contribution in [0.3, 0.4) is 0 Å². The van der Waals surface area contributed by atoms with Crippen molar-refractivity contribution in [2.75, 3.05) is 16.8 Å². The molecule has 1 aromatic heterocycles. The smallest absolute Gasteiger partial charge is 0.305 e. The average molecular weight is 712 g/mol. The van der Waals surface area contributed by atoms with Crippen molar-refractivity contribution in [1.82, 2.24) is 4.98 Å². The van der Waals surface area contributed by atoms with Gasteiger partial charge in [-0.15, -0.1) is 11.8 Å². The van der Waals surface area contributed by atoms with Crippen molar-refractivity contribution in [3.63, 3.8) is 0 Å². The van der Waals surface area contributed by atoms with Gasteiger partial charge in [-0.2, -0.15) is 0 Å². The summed E-state index contributed by atoms with van der Waals surface area (Å²) < 4.78 is 19.9. The summed E-state index contributed by atoms with van der Waals surface area (Å²) in [5.74, 6) is -2.56. The number of amides is 3. The number of halogens is 2. The quantitative estimate of drug-likeness (QED) is 0.182. The molecule has 49 heavy (non-hydrogen) atoms. The third-order valence-corrected chi connectivity index (χ3v) is 13.3. The van der Waals surface area contributed by atoms with E-state index in [0.717, 1.165) is 37.6 Å². The van der Waals surface area contributed by atoms with Crippen molar-refractivity contribution in [3.05, 3.63) is 116 Å². The molecule has 2 N–H and O–H groups in total. The molecule has 246 valence electrons. The summed E-state index contributed by atoms with van der Waals surface area (Å²) in [4.78, 5) is 58.7. The lowest BCUT2D eigenvalue weighted by Crippen LogP contribution is -2.42. The molecule has 0 spiro atoms. The van der Waals surface area contributed by atoms with Gasteiger partial charge in [0.05, 0.1) is 22.5 Å². The van der Waals surface area contributed by atoms with Crippen molar-refractivity contribution in [2.45, 2.75) is 22.6 Å². The Morgan fingerprint density at radius 2 is 1.69 bits per heavy atom. The maximum Gasteiger partial charge on any atom is 0.305 e. The number of hydrogen-bond acceptors (Lipinski definition) is 7. The second kappa shape index (κ2) is 11.6. The van der Waals surface area contributed by atoms with Crippen LogP contribution in [0.2, 0.25) is 5.02 Å². The Morgan fingerprint density at radius 3 is 2.49 bits per heavy atom. The normalized spacial score (nSPS) is 26.5. The third kappa shape index (κ3) is 4.93. The zero-order chi connectivity index (χ0) is 33.6. The van der Waals surface area contributed by atoms with Crippen LogP contribution in [0.4, 0.5) is 15.8 Å². The zero-order valence-electron chi connectivity index (χ0n) is 25.6. The van der Waals surface area contributed by atoms with Gasteiger partial charge in [0.2, 0.25) is 11.8 Å². The van der Waals surface area contributed by atoms with Gasteiger partial charge >= 0.3 is 4.87 Å². The number of hydrogen-bond donors (Lipinski definition) is 2. The fourth-order valence-corrected chi connectivity index (χ4v) is 11.8. The Bertz CT molecular complexity index is 2260. The van der Waals surface area contributed by atoms with Crippen molar-refractivity contribution in [3.8, 4) is 5.75 Å². The first-order chi connectivity index (χ1) is 23.7. The van der Waals surface area contributed by atoms with Crippen molar-refractivity contribution >= 4 is 74.6 Å². The minimum Gasteiger partial charge on any atom is -0.483 e. The van der Waals surface area contributed by atoms with E-state index in [2.05, 4.69) is 10.3 Å². The molecule has 4 aromatic carbocycles. The first kappa shape index (κ1) is 30.6. The van der Waals surface area contributed by atoms with Crippen LogP contribution >= 0.6 is 34.7 Å². The lowest BCUT2D eigenvalue weighted by molar-refractivity contribution is -0.123. The number of benzene rings is 4. The molecule has 5 aromatic rings. The van der Waals surface area contributed by atoms with Gasteiger partial charge in [-0.3, -0.25) is 24.1 Å². The van der Waals surface area contributed by atoms with Gasteiger partial charge in [-0.25, -0.2) is 4.39 Å². The lowest BCUT2D eigenvalue weighted by Gasteiger charge is -2.43. The highest BCUT2D eigenvalue weighted by Crippen LogP contribution is 2.69. The maximum atomic E-state index is 14.0. The van der Waals surface area contributed by atoms with Crippen LogP contribution in [-0.4, -0.2) is 34.6 Å². The molecule has 2 aliphatic heterocycles. The monoisotopic (exact) mass is 711 g/mol. The number of ether oxygens (including phenoxy) is 1. The second-order valence-electron chi connectivity index (χ2n) is 13.0. The summed E-state index contributed by atoms with van der Waals surface area (Å²) in [5, 5.41) is 6.15. The number of carbonyl (C=O) groups is 3. The fourth-order valence-electron chi connectivity index (χ4n) is 8.71. The summed E-state index contributed by atoms with van der Waals surface area (Å²) in [6.07, 6.45) is 0.701. The Morgan fingerprint density at radius 1 is 0.939 bits per heavy atom. The van der Waals surface area contributed by atoms with Crippen LogP contribution < -0.4 is 19.8 Å². The number of thioether (sulfide) groups is 1. The van der Waals surface area contributed by atoms with E-state index in [0.29, 0.717) is 28.6 Å². The standard InChI is InChI=1S/C37H27ClFN3O5S2/c38-19-6-12-26(47-16-27(43)40-21-9-5-17-3-1-2-4-18(17)13-21)23(14-19)28-29-24-15-25(32(29)48-34-33(28)49-37(46)41-34)31-30(24)35(44)42(36(31)45)22-10-7-20(39)8-11-22/h1-14,24-25,28-32H,15-16H2,(H,40,43)(H,41,46)/t24?,25?,28-,29?,30?,31?,32?/m1/s1. The number of rotatable bonds is 6. The summed E-state index contributed by atoms with van der Waals surface area (Å²) >= 11 is 9.30. The molecule has 12 heteroatoms. The number of nitrogens with zero attached hydrogens (tertiary/aromatic N) is 1. The molecule has 3 amide bonds. The zero-order valence-corrected chi connectivity index (χ0v) is 28.0. The van der Waals surface area contributed by atoms with Gasteiger partial charge in [0.25, 0.3) is 5.91 Å². The van der Waals surface area contributed by atoms with E-state index in [9.17, 15) is 23.6 Å². The Labute approximate surface area is 292 Å². The molecule has 3 heterocycles. The molecule has 1 saturated heterocycles. The maximum absolute atomic E-state index is 14.0. The van der Waals surface area contributed by atoms with Crippen molar-refractivity contribution in [1.29, 1.82) is 0 Å². The predicted molar refractivity (Wildman–Crippen MR) is 187 cm³/mol. The Hall–Kier alpha value is -4.45. The summed E-state index contributed by atoms with van der Waals surface area (Å²) in [7, 11) is 0. The topological polar surface area (TPSA) is 109 Å². The Kier molecular flexibility index (Phi) is 7.22. The largest absolute Gasteiger partial charge is 0.483 e. The van der Waals surface area contributed by atoms with E-state index in [1.807, 2.05) is 48.5 Å². The highest BCUT2D eigenvalue weighted by molar-refractivity contribution is 8.00. The fraction of sp³-hybridized carbons (Fsp3) is 0.243. The number of aromatic nitrogens is 1. The van der Waals surface area contributed by atoms with Gasteiger partial charge in [0.1, 0.15) is 11.6 Å². The summed E-state index contributed by atoms with van der Waals surface area (Å²) in [5.41, 5.74) is 1.75. The van der Waals surface area contributed by atoms with E-state index in [4.69, 9.17) is 16.3 Å². The number of anilines is 2. The van der Waals surface area contributed by atoms with Crippen molar-refractivity contribution < 1.29 is 23.5 Å². The lowest BCUT2D eigenvalue weighted by atomic mass is 9.68. The molecule has 9 rings (SSSR count). The first-order valence-electron chi connectivity index (χ1n) is 16.0. The number of aromatic amines is 1. The molecule has 2 aliphatic carbocycles. The molecule has 3 fully saturated rings. The Balaban J connectivity index is 1.04. The minimum atomic E-state index is -0.527. The summed E-state index contributed by atoms with van der Waals surface area (Å²) in [6, 6.07) is 24.3. The number of fused-ring (bicyclic) bond motifs is 10. The molecule has 6 unspecified atom stereocenters. The molecular weight excluding hydrogens is 685 g/mol. The third-order valence-electron chi connectivity index (χ3n) is 10.5. The number of thiazole rings is 1. The van der Waals surface area contributed by atoms with Crippen LogP contribution in [0.1, 0.15) is 22.8 Å². The van der Waals surface area contributed by atoms with Crippen molar-refractivity contribution in [2.24, 2.45) is 29.6 Å². The second-order valence-corrected chi connectivity index (χ2v) is 15.7. The van der Waals surface area contributed by atoms with E-state index in [1.54, 1.807) is 23.9 Å². The number of nitrogens with one attached hydrogen (secondary N) is 2. The molecule has 2 bridgehead atoms. The number of imide groups is 1. The van der Waals surface area contributed by atoms with Gasteiger partial charge in [0.15, 0.2) is 6.61 Å². The van der Waals surface area contributed by atoms with E-state index in [-0.39, 0.29) is 58.1 Å². The molecule has 2 saturated carbocycles. The number of carbonyl (C=O) groups excluding carboxylic acids is 3. The van der Waals surface area contributed by atoms with Crippen LogP contribution in [0, 0.1) is 35.4 Å². The molecule has 4 aliphatic rings. The minimum absolute atomic E-state index is 0.0537. The first-order valence-corrected chi connectivity index (χ1v) is 18.1. The van der Waals surface area contributed by atoms with Crippen LogP contribution in [0.25, 0.3) is 10.8 Å². The van der Waals surface area contributed by atoms with Crippen LogP contribution in [0.5, 0.6) is 5.75 Å². The molecule has 8 nitrogen and oxygen atoms in total. The van der Waals surface area contributed by atoms with Gasteiger partial charge in [-0.05, 0) is 89.5 Å². The average Bonchev–Trinajstić information content (AvgIpc) is 3.83. The van der Waals surface area contributed by atoms with Crippen LogP contribution in [-0.2, 0) is 14.4 Å². The van der Waals surface area contributed by atoms with Crippen LogP contribution in [0.15, 0.2) is 94.7 Å². The summed E-state index contributed by atoms with van der Waals surface area (Å²) in [6.45, 7) is -0.260. The van der Waals surface area contributed by atoms with Gasteiger partial charge < -0.3 is 15.0 Å². The molecular formula is C37H27ClFN3O5S2. The van der Waals surface area contributed by atoms with E-state index in [1.165, 1.54) is 29.2 Å². The highest BCUT2D eigenvalue weighted by Gasteiger charge is 2.69. The van der Waals surface area contributed by atoms with E-state index < -0.39 is 17.7 Å². The highest BCUT2D eigenvalue weighted by atomic mass is 35.5. The number of H-pyrrole nitrogens is 1. The van der Waals surface area contributed by atoms with E-state index >= 15 is 0 Å². The SMILES string of the molecule is O=C(COc1ccc(Cl)cc1[C@H]1c2sc(=O)[nH]c2SC2C3CC(C4C(=O)N(c5ccc(F)cc5)C(=O)C34)C21)Nc1ccc2ccccc2c1. The van der Waals surface area contributed by atoms with Gasteiger partial charge in [0, 0.05) is 32.3 Å². The molecule has 7 atom stereocenters. The molecule has 0 radical (unpaired) electrons. The predicted octanol–water partition coefficient (Wildman–Crippen LogP) is 7.08. The van der Waals surface area contributed by atoms with Gasteiger partial charge in [-0.1, -0.05) is 53.3 Å².